The smallest absolute Gasteiger partial charge is 0.235 e. The molecular formula is C13H9ClN2OS2. The lowest BCUT2D eigenvalue weighted by Gasteiger charge is -1.96. The Balaban J connectivity index is 1.83. The SMILES string of the molecule is O=C1CSC(=Cc2nc(-c3ccc(Cl)cc3)cs2)N1. The third-order valence-electron chi connectivity index (χ3n) is 2.54. The van der Waals surface area contributed by atoms with Crippen molar-refractivity contribution in [3.05, 3.63) is 44.7 Å². The number of hydrogen-bond acceptors (Lipinski definition) is 4. The molecule has 1 aliphatic rings. The molecule has 1 aliphatic heterocycles. The fraction of sp³-hybridized carbons (Fsp3) is 0.0769. The monoisotopic (exact) mass is 308 g/mol. The molecule has 0 saturated carbocycles. The van der Waals surface area contributed by atoms with E-state index in [4.69, 9.17) is 11.6 Å². The van der Waals surface area contributed by atoms with Crippen molar-refractivity contribution < 1.29 is 4.79 Å². The fourth-order valence-electron chi connectivity index (χ4n) is 1.65. The van der Waals surface area contributed by atoms with Crippen LogP contribution in [0.5, 0.6) is 0 Å². The topological polar surface area (TPSA) is 42.0 Å². The van der Waals surface area contributed by atoms with Crippen molar-refractivity contribution >= 4 is 46.7 Å². The van der Waals surface area contributed by atoms with Gasteiger partial charge in [-0.05, 0) is 12.1 Å². The van der Waals surface area contributed by atoms with Crippen molar-refractivity contribution in [1.29, 1.82) is 0 Å². The second-order valence-corrected chi connectivity index (χ2v) is 6.27. The normalized spacial score (nSPS) is 16.9. The molecule has 6 heteroatoms. The summed E-state index contributed by atoms with van der Waals surface area (Å²) >= 11 is 8.91. The van der Waals surface area contributed by atoms with Gasteiger partial charge in [-0.15, -0.1) is 11.3 Å². The highest BCUT2D eigenvalue weighted by atomic mass is 35.5. The second kappa shape index (κ2) is 5.36. The van der Waals surface area contributed by atoms with Crippen LogP contribution in [0.15, 0.2) is 34.7 Å². The highest BCUT2D eigenvalue weighted by molar-refractivity contribution is 8.04. The van der Waals surface area contributed by atoms with E-state index in [1.165, 1.54) is 11.8 Å². The van der Waals surface area contributed by atoms with Crippen molar-refractivity contribution in [3.8, 4) is 11.3 Å². The van der Waals surface area contributed by atoms with E-state index in [-0.39, 0.29) is 5.91 Å². The van der Waals surface area contributed by atoms with Gasteiger partial charge in [0, 0.05) is 22.0 Å². The summed E-state index contributed by atoms with van der Waals surface area (Å²) in [6, 6.07) is 7.59. The molecule has 1 aromatic carbocycles. The van der Waals surface area contributed by atoms with Crippen molar-refractivity contribution in [2.75, 3.05) is 5.75 Å². The van der Waals surface area contributed by atoms with Gasteiger partial charge in [0.15, 0.2) is 0 Å². The highest BCUT2D eigenvalue weighted by Crippen LogP contribution is 2.27. The Bertz CT molecular complexity index is 649. The maximum atomic E-state index is 11.1. The Morgan fingerprint density at radius 2 is 2.11 bits per heavy atom. The lowest BCUT2D eigenvalue weighted by Crippen LogP contribution is -2.13. The lowest BCUT2D eigenvalue weighted by molar-refractivity contribution is -0.117. The maximum absolute atomic E-state index is 11.1. The molecular weight excluding hydrogens is 300 g/mol. The number of amides is 1. The van der Waals surface area contributed by atoms with Gasteiger partial charge in [0.1, 0.15) is 5.01 Å². The van der Waals surface area contributed by atoms with Gasteiger partial charge in [-0.25, -0.2) is 4.98 Å². The molecule has 0 unspecified atom stereocenters. The molecule has 2 heterocycles. The van der Waals surface area contributed by atoms with Gasteiger partial charge in [0.05, 0.1) is 16.5 Å². The minimum Gasteiger partial charge on any atom is -0.320 e. The molecule has 2 aromatic rings. The summed E-state index contributed by atoms with van der Waals surface area (Å²) in [7, 11) is 0. The number of carbonyl (C=O) groups excluding carboxylic acids is 1. The van der Waals surface area contributed by atoms with Crippen molar-refractivity contribution in [1.82, 2.24) is 10.3 Å². The van der Waals surface area contributed by atoms with Crippen molar-refractivity contribution in [2.24, 2.45) is 0 Å². The summed E-state index contributed by atoms with van der Waals surface area (Å²) in [5, 5.41) is 7.25. The van der Waals surface area contributed by atoms with Crippen LogP contribution in [0.1, 0.15) is 5.01 Å². The first kappa shape index (κ1) is 12.7. The van der Waals surface area contributed by atoms with Crippen molar-refractivity contribution in [2.45, 2.75) is 0 Å². The summed E-state index contributed by atoms with van der Waals surface area (Å²) in [6.07, 6.45) is 1.90. The summed E-state index contributed by atoms with van der Waals surface area (Å²) in [6.45, 7) is 0. The van der Waals surface area contributed by atoms with Gasteiger partial charge in [-0.1, -0.05) is 35.5 Å². The van der Waals surface area contributed by atoms with Crippen LogP contribution in [0.2, 0.25) is 5.02 Å². The average molecular weight is 309 g/mol. The Morgan fingerprint density at radius 3 is 2.79 bits per heavy atom. The van der Waals surface area contributed by atoms with Gasteiger partial charge in [0.25, 0.3) is 0 Å². The number of thioether (sulfide) groups is 1. The van der Waals surface area contributed by atoms with E-state index >= 15 is 0 Å². The van der Waals surface area contributed by atoms with Gasteiger partial charge < -0.3 is 5.32 Å². The zero-order valence-corrected chi connectivity index (χ0v) is 12.1. The molecule has 1 aromatic heterocycles. The van der Waals surface area contributed by atoms with Crippen LogP contribution in [0, 0.1) is 0 Å². The molecule has 0 radical (unpaired) electrons. The lowest BCUT2D eigenvalue weighted by atomic mass is 10.2. The van der Waals surface area contributed by atoms with Gasteiger partial charge >= 0.3 is 0 Å². The van der Waals surface area contributed by atoms with Crippen LogP contribution in [0.4, 0.5) is 0 Å². The number of nitrogens with one attached hydrogen (secondary N) is 1. The van der Waals surface area contributed by atoms with Crippen LogP contribution in [-0.4, -0.2) is 16.6 Å². The Labute approximate surface area is 123 Å². The quantitative estimate of drug-likeness (QED) is 0.921. The molecule has 1 fully saturated rings. The highest BCUT2D eigenvalue weighted by Gasteiger charge is 2.15. The Hall–Kier alpha value is -1.30. The van der Waals surface area contributed by atoms with E-state index in [9.17, 15) is 4.79 Å². The molecule has 0 aliphatic carbocycles. The number of nitrogens with zero attached hydrogens (tertiary/aromatic N) is 1. The van der Waals surface area contributed by atoms with Crippen molar-refractivity contribution in [3.63, 3.8) is 0 Å². The Kier molecular flexibility index (Phi) is 3.59. The predicted octanol–water partition coefficient (Wildman–Crippen LogP) is 3.62. The number of benzene rings is 1. The summed E-state index contributed by atoms with van der Waals surface area (Å²) in [4.78, 5) is 15.6. The van der Waals surface area contributed by atoms with E-state index in [2.05, 4.69) is 10.3 Å². The van der Waals surface area contributed by atoms with Gasteiger partial charge in [-0.3, -0.25) is 4.79 Å². The summed E-state index contributed by atoms with van der Waals surface area (Å²) in [5.74, 6) is 0.534. The van der Waals surface area contributed by atoms with Crippen LogP contribution in [0.3, 0.4) is 0 Å². The first-order valence-corrected chi connectivity index (χ1v) is 7.81. The zero-order chi connectivity index (χ0) is 13.2. The molecule has 0 spiro atoms. The first-order chi connectivity index (χ1) is 9.20. The molecule has 19 heavy (non-hydrogen) atoms. The van der Waals surface area contributed by atoms with Crippen LogP contribution < -0.4 is 5.32 Å². The number of aromatic nitrogens is 1. The molecule has 0 bridgehead atoms. The molecule has 1 saturated heterocycles. The van der Waals surface area contributed by atoms with Crippen LogP contribution in [-0.2, 0) is 4.79 Å². The second-order valence-electron chi connectivity index (χ2n) is 3.92. The minimum atomic E-state index is 0.0470. The van der Waals surface area contributed by atoms with E-state index in [1.54, 1.807) is 11.3 Å². The van der Waals surface area contributed by atoms with Crippen LogP contribution in [0.25, 0.3) is 17.3 Å². The minimum absolute atomic E-state index is 0.0470. The zero-order valence-electron chi connectivity index (χ0n) is 9.72. The average Bonchev–Trinajstić information content (AvgIpc) is 3.00. The van der Waals surface area contributed by atoms with Crippen LogP contribution >= 0.6 is 34.7 Å². The third-order valence-corrected chi connectivity index (χ3v) is 4.52. The molecule has 1 N–H and O–H groups in total. The standard InChI is InChI=1S/C13H9ClN2OS2/c14-9-3-1-8(2-4-9)10-6-18-12(15-10)5-13-16-11(17)7-19-13/h1-6H,7H2,(H,16,17). The maximum Gasteiger partial charge on any atom is 0.235 e. The molecule has 0 atom stereocenters. The number of halogens is 1. The molecule has 3 nitrogen and oxygen atoms in total. The number of thiazole rings is 1. The van der Waals surface area contributed by atoms with E-state index in [0.29, 0.717) is 10.8 Å². The summed E-state index contributed by atoms with van der Waals surface area (Å²) in [5.41, 5.74) is 1.95. The van der Waals surface area contributed by atoms with E-state index in [1.807, 2.05) is 35.7 Å². The van der Waals surface area contributed by atoms with Gasteiger partial charge in [0.2, 0.25) is 5.91 Å². The molecule has 1 amide bonds. The predicted molar refractivity (Wildman–Crippen MR) is 81.1 cm³/mol. The number of carbonyl (C=O) groups is 1. The third kappa shape index (κ3) is 3.00. The first-order valence-electron chi connectivity index (χ1n) is 5.56. The molecule has 3 rings (SSSR count). The summed E-state index contributed by atoms with van der Waals surface area (Å²) < 4.78 is 0. The molecule has 96 valence electrons. The largest absolute Gasteiger partial charge is 0.320 e. The van der Waals surface area contributed by atoms with E-state index < -0.39 is 0 Å². The number of hydrogen-bond donors (Lipinski definition) is 1. The van der Waals surface area contributed by atoms with E-state index in [0.717, 1.165) is 21.3 Å². The number of rotatable bonds is 2. The fourth-order valence-corrected chi connectivity index (χ4v) is 3.35. The van der Waals surface area contributed by atoms with Gasteiger partial charge in [-0.2, -0.15) is 0 Å². The Morgan fingerprint density at radius 1 is 1.32 bits per heavy atom.